The van der Waals surface area contributed by atoms with Crippen molar-refractivity contribution in [2.75, 3.05) is 7.11 Å². The summed E-state index contributed by atoms with van der Waals surface area (Å²) in [6.07, 6.45) is 3.98. The van der Waals surface area contributed by atoms with Crippen LogP contribution in [0.15, 0.2) is 51.5 Å². The molecule has 2 heterocycles. The SMILES string of the molecule is COC(=O)[C@@H]1CC2CC2C[C@H]1c1oc(-c2ccc(F)cn2)nc1-c1ccc(Br)cc1. The lowest BCUT2D eigenvalue weighted by Gasteiger charge is -2.28. The van der Waals surface area contributed by atoms with Crippen LogP contribution in [0.4, 0.5) is 4.39 Å². The normalized spacial score (nSPS) is 24.9. The van der Waals surface area contributed by atoms with Crippen LogP contribution in [0.5, 0.6) is 0 Å². The van der Waals surface area contributed by atoms with Crippen LogP contribution in [0.3, 0.4) is 0 Å². The summed E-state index contributed by atoms with van der Waals surface area (Å²) in [4.78, 5) is 21.4. The van der Waals surface area contributed by atoms with Gasteiger partial charge in [0.25, 0.3) is 0 Å². The van der Waals surface area contributed by atoms with Crippen molar-refractivity contribution in [3.8, 4) is 22.8 Å². The van der Waals surface area contributed by atoms with E-state index in [0.29, 0.717) is 34.9 Å². The zero-order chi connectivity index (χ0) is 20.8. The van der Waals surface area contributed by atoms with Crippen molar-refractivity contribution in [1.29, 1.82) is 0 Å². The molecule has 2 saturated carbocycles. The van der Waals surface area contributed by atoms with Gasteiger partial charge in [0, 0.05) is 16.0 Å². The molecule has 2 unspecified atom stereocenters. The number of fused-ring (bicyclic) bond motifs is 1. The number of methoxy groups -OCH3 is 1. The largest absolute Gasteiger partial charge is 0.469 e. The number of aromatic nitrogens is 2. The Labute approximate surface area is 181 Å². The van der Waals surface area contributed by atoms with E-state index >= 15 is 0 Å². The Morgan fingerprint density at radius 2 is 1.90 bits per heavy atom. The van der Waals surface area contributed by atoms with Gasteiger partial charge in [-0.2, -0.15) is 0 Å². The first-order valence-corrected chi connectivity index (χ1v) is 10.8. The zero-order valence-corrected chi connectivity index (χ0v) is 17.9. The summed E-state index contributed by atoms with van der Waals surface area (Å²) in [7, 11) is 1.43. The van der Waals surface area contributed by atoms with Gasteiger partial charge in [-0.25, -0.2) is 14.4 Å². The minimum Gasteiger partial charge on any atom is -0.469 e. The number of hydrogen-bond acceptors (Lipinski definition) is 5. The number of pyridine rings is 1. The molecule has 2 aliphatic rings. The van der Waals surface area contributed by atoms with E-state index in [2.05, 4.69) is 20.9 Å². The van der Waals surface area contributed by atoms with Gasteiger partial charge in [-0.3, -0.25) is 4.79 Å². The molecule has 2 aromatic heterocycles. The number of ether oxygens (including phenoxy) is 1. The maximum atomic E-state index is 13.3. The standard InChI is InChI=1S/C23H20BrFN2O3/c1-29-23(28)18-10-14-8-13(14)9-17(18)21-20(12-2-4-15(24)5-3-12)27-22(30-21)19-7-6-16(25)11-26-19/h2-7,11,13-14,17-18H,8-10H2,1H3/t13?,14?,17-,18-/m1/s1. The first kappa shape index (κ1) is 19.4. The quantitative estimate of drug-likeness (QED) is 0.463. The molecule has 154 valence electrons. The van der Waals surface area contributed by atoms with Gasteiger partial charge < -0.3 is 9.15 Å². The molecule has 5 nitrogen and oxygen atoms in total. The minimum absolute atomic E-state index is 0.110. The lowest BCUT2D eigenvalue weighted by Crippen LogP contribution is -2.28. The van der Waals surface area contributed by atoms with E-state index < -0.39 is 5.82 Å². The van der Waals surface area contributed by atoms with E-state index in [0.717, 1.165) is 35.5 Å². The lowest BCUT2D eigenvalue weighted by atomic mass is 9.77. The maximum absolute atomic E-state index is 13.3. The average molecular weight is 471 g/mol. The van der Waals surface area contributed by atoms with Gasteiger partial charge in [0.1, 0.15) is 23.0 Å². The molecule has 2 aliphatic carbocycles. The highest BCUT2D eigenvalue weighted by Crippen LogP contribution is 2.57. The van der Waals surface area contributed by atoms with Gasteiger partial charge >= 0.3 is 5.97 Å². The van der Waals surface area contributed by atoms with Crippen molar-refractivity contribution in [2.24, 2.45) is 17.8 Å². The van der Waals surface area contributed by atoms with Crippen molar-refractivity contribution in [3.63, 3.8) is 0 Å². The van der Waals surface area contributed by atoms with Crippen LogP contribution in [0.25, 0.3) is 22.8 Å². The zero-order valence-electron chi connectivity index (χ0n) is 16.3. The Hall–Kier alpha value is -2.54. The fourth-order valence-electron chi connectivity index (χ4n) is 4.58. The smallest absolute Gasteiger partial charge is 0.309 e. The van der Waals surface area contributed by atoms with Gasteiger partial charge in [-0.15, -0.1) is 0 Å². The van der Waals surface area contributed by atoms with E-state index in [1.807, 2.05) is 24.3 Å². The molecule has 0 bridgehead atoms. The van der Waals surface area contributed by atoms with Crippen LogP contribution in [0.1, 0.15) is 30.9 Å². The molecule has 5 rings (SSSR count). The van der Waals surface area contributed by atoms with Gasteiger partial charge in [0.2, 0.25) is 5.89 Å². The predicted octanol–water partition coefficient (Wildman–Crippen LogP) is 5.61. The van der Waals surface area contributed by atoms with Gasteiger partial charge in [-0.05, 0) is 55.4 Å². The number of oxazole rings is 1. The number of carbonyl (C=O) groups excluding carboxylic acids is 1. The Balaban J connectivity index is 1.62. The predicted molar refractivity (Wildman–Crippen MR) is 112 cm³/mol. The molecule has 7 heteroatoms. The highest BCUT2D eigenvalue weighted by atomic mass is 79.9. The van der Waals surface area contributed by atoms with Crippen molar-refractivity contribution in [1.82, 2.24) is 9.97 Å². The number of nitrogens with zero attached hydrogens (tertiary/aromatic N) is 2. The van der Waals surface area contributed by atoms with Gasteiger partial charge in [0.05, 0.1) is 19.2 Å². The lowest BCUT2D eigenvalue weighted by molar-refractivity contribution is -0.147. The van der Waals surface area contributed by atoms with Crippen LogP contribution < -0.4 is 0 Å². The third kappa shape index (κ3) is 3.55. The summed E-state index contributed by atoms with van der Waals surface area (Å²) in [5.74, 6) is 1.23. The van der Waals surface area contributed by atoms with E-state index in [-0.39, 0.29) is 17.8 Å². The average Bonchev–Trinajstić information content (AvgIpc) is 3.40. The summed E-state index contributed by atoms with van der Waals surface area (Å²) >= 11 is 3.46. The molecule has 4 atom stereocenters. The number of esters is 1. The number of benzene rings is 1. The van der Waals surface area contributed by atoms with E-state index in [4.69, 9.17) is 14.1 Å². The Kier molecular flexibility index (Phi) is 4.93. The van der Waals surface area contributed by atoms with Crippen LogP contribution in [0.2, 0.25) is 0 Å². The molecule has 0 aliphatic heterocycles. The molecule has 0 radical (unpaired) electrons. The number of hydrogen-bond donors (Lipinski definition) is 0. The first-order valence-electron chi connectivity index (χ1n) is 10.00. The summed E-state index contributed by atoms with van der Waals surface area (Å²) in [5, 5.41) is 0. The molecule has 0 N–H and O–H groups in total. The van der Waals surface area contributed by atoms with E-state index in [1.165, 1.54) is 13.2 Å². The monoisotopic (exact) mass is 470 g/mol. The molecule has 1 aromatic carbocycles. The third-order valence-electron chi connectivity index (χ3n) is 6.23. The fourth-order valence-corrected chi connectivity index (χ4v) is 4.84. The number of carbonyl (C=O) groups is 1. The van der Waals surface area contributed by atoms with Crippen LogP contribution in [0, 0.1) is 23.6 Å². The van der Waals surface area contributed by atoms with Crippen molar-refractivity contribution >= 4 is 21.9 Å². The molecular weight excluding hydrogens is 451 g/mol. The molecule has 3 aromatic rings. The Morgan fingerprint density at radius 3 is 2.60 bits per heavy atom. The maximum Gasteiger partial charge on any atom is 0.309 e. The molecule has 2 fully saturated rings. The fraction of sp³-hybridized carbons (Fsp3) is 0.348. The molecule has 0 spiro atoms. The van der Waals surface area contributed by atoms with Gasteiger partial charge in [0.15, 0.2) is 0 Å². The molecule has 30 heavy (non-hydrogen) atoms. The van der Waals surface area contributed by atoms with Crippen molar-refractivity contribution in [3.05, 3.63) is 58.6 Å². The first-order chi connectivity index (χ1) is 14.5. The van der Waals surface area contributed by atoms with Gasteiger partial charge in [-0.1, -0.05) is 28.1 Å². The number of halogens is 2. The third-order valence-corrected chi connectivity index (χ3v) is 6.76. The van der Waals surface area contributed by atoms with Crippen molar-refractivity contribution in [2.45, 2.75) is 25.2 Å². The highest BCUT2D eigenvalue weighted by Gasteiger charge is 2.51. The van der Waals surface area contributed by atoms with Crippen LogP contribution in [-0.2, 0) is 9.53 Å². The Bertz CT molecular complexity index is 1080. The highest BCUT2D eigenvalue weighted by molar-refractivity contribution is 9.10. The summed E-state index contributed by atoms with van der Waals surface area (Å²) in [6, 6.07) is 10.7. The Morgan fingerprint density at radius 1 is 1.13 bits per heavy atom. The summed E-state index contributed by atoms with van der Waals surface area (Å²) in [6.45, 7) is 0. The summed E-state index contributed by atoms with van der Waals surface area (Å²) < 4.78 is 25.7. The number of rotatable bonds is 4. The van der Waals surface area contributed by atoms with Crippen LogP contribution >= 0.6 is 15.9 Å². The molecule has 0 saturated heterocycles. The minimum atomic E-state index is -0.420. The van der Waals surface area contributed by atoms with E-state index in [9.17, 15) is 9.18 Å². The van der Waals surface area contributed by atoms with E-state index in [1.54, 1.807) is 6.07 Å². The van der Waals surface area contributed by atoms with Crippen molar-refractivity contribution < 1.29 is 18.3 Å². The second kappa shape index (κ2) is 7.61. The molecule has 0 amide bonds. The summed E-state index contributed by atoms with van der Waals surface area (Å²) in [5.41, 5.74) is 2.05. The van der Waals surface area contributed by atoms with Crippen LogP contribution in [-0.4, -0.2) is 23.0 Å². The second-order valence-corrected chi connectivity index (χ2v) is 8.98. The second-order valence-electron chi connectivity index (χ2n) is 8.06. The topological polar surface area (TPSA) is 65.2 Å². The molecular formula is C23H20BrFN2O3.